The van der Waals surface area contributed by atoms with E-state index < -0.39 is 47.6 Å². The summed E-state index contributed by atoms with van der Waals surface area (Å²) in [7, 11) is -0.160. The van der Waals surface area contributed by atoms with Crippen molar-refractivity contribution in [2.45, 2.75) is 39.5 Å². The van der Waals surface area contributed by atoms with Crippen LogP contribution in [0, 0.1) is 17.0 Å². The molecule has 1 aromatic carbocycles. The Morgan fingerprint density at radius 2 is 1.95 bits per heavy atom. The fraction of sp³-hybridized carbons (Fsp3) is 0.519. The molecule has 40 heavy (non-hydrogen) atoms. The number of nitrogens with zero attached hydrogens (tertiary/aromatic N) is 1. The molecule has 2 aromatic rings. The predicted molar refractivity (Wildman–Crippen MR) is 143 cm³/mol. The van der Waals surface area contributed by atoms with Gasteiger partial charge in [0.25, 0.3) is 5.91 Å². The summed E-state index contributed by atoms with van der Waals surface area (Å²) in [5, 5.41) is 2.46. The van der Waals surface area contributed by atoms with Crippen LogP contribution in [0.25, 0.3) is 0 Å². The number of benzene rings is 1. The first-order valence-corrected chi connectivity index (χ1v) is 15.0. The van der Waals surface area contributed by atoms with E-state index in [4.69, 9.17) is 18.7 Å². The third-order valence-corrected chi connectivity index (χ3v) is 8.79. The Kier molecular flexibility index (Phi) is 10.4. The van der Waals surface area contributed by atoms with Crippen LogP contribution >= 0.6 is 7.37 Å². The number of carbonyl (C=O) groups is 2. The van der Waals surface area contributed by atoms with Gasteiger partial charge in [-0.2, -0.15) is 0 Å². The highest BCUT2D eigenvalue weighted by Crippen LogP contribution is 2.43. The largest absolute Gasteiger partial charge is 0.491 e. The summed E-state index contributed by atoms with van der Waals surface area (Å²) < 4.78 is 63.2. The van der Waals surface area contributed by atoms with Gasteiger partial charge in [-0.1, -0.05) is 6.07 Å². The standard InChI is InChI=1S/C27H35F2N2O8P/c1-6-39-40(5,35)12-11-38-21-16-31-15-19(26(34)30-14-17-7-8-18(28)13-20(17)29)23(32)24(37-4)22(31)25(33)27(21,2)9-10-36-3/h7-8,13,15,21H,6,9-12,14,16H2,1-5H3,(H,30,34). The lowest BCUT2D eigenvalue weighted by Crippen LogP contribution is -2.51. The van der Waals surface area contributed by atoms with E-state index in [0.29, 0.717) is 12.7 Å². The van der Waals surface area contributed by atoms with Crippen molar-refractivity contribution >= 4 is 19.1 Å². The zero-order chi connectivity index (χ0) is 29.7. The molecule has 0 saturated heterocycles. The quantitative estimate of drug-likeness (QED) is 0.355. The molecule has 3 atom stereocenters. The molecule has 3 rings (SSSR count). The highest BCUT2D eigenvalue weighted by molar-refractivity contribution is 7.58. The Balaban J connectivity index is 1.95. The topological polar surface area (TPSA) is 122 Å². The van der Waals surface area contributed by atoms with E-state index in [1.54, 1.807) is 13.8 Å². The Hall–Kier alpha value is -2.92. The third kappa shape index (κ3) is 6.86. The molecule has 13 heteroatoms. The van der Waals surface area contributed by atoms with Crippen molar-refractivity contribution in [3.05, 3.63) is 63.1 Å². The number of Topliss-reactive ketones (excluding diaryl/α,β-unsaturated/α-hetero) is 1. The molecule has 0 saturated carbocycles. The molecule has 1 aliphatic heterocycles. The van der Waals surface area contributed by atoms with E-state index in [0.717, 1.165) is 6.07 Å². The van der Waals surface area contributed by atoms with Crippen LogP contribution in [0.2, 0.25) is 0 Å². The van der Waals surface area contributed by atoms with Gasteiger partial charge in [0.2, 0.25) is 12.8 Å². The molecule has 1 aliphatic rings. The van der Waals surface area contributed by atoms with Crippen LogP contribution in [0.15, 0.2) is 29.2 Å². The van der Waals surface area contributed by atoms with Gasteiger partial charge in [-0.3, -0.25) is 18.9 Å². The van der Waals surface area contributed by atoms with Gasteiger partial charge in [-0.05, 0) is 26.3 Å². The second-order valence-electron chi connectivity index (χ2n) is 9.83. The lowest BCUT2D eigenvalue weighted by molar-refractivity contribution is -0.0441. The summed E-state index contributed by atoms with van der Waals surface area (Å²) in [6, 6.07) is 2.93. The average Bonchev–Trinajstić information content (AvgIpc) is 2.89. The molecule has 0 fully saturated rings. The summed E-state index contributed by atoms with van der Waals surface area (Å²) >= 11 is 0. The van der Waals surface area contributed by atoms with E-state index in [-0.39, 0.29) is 61.5 Å². The molecule has 3 unspecified atom stereocenters. The number of carbonyl (C=O) groups excluding carboxylic acids is 2. The van der Waals surface area contributed by atoms with Crippen molar-refractivity contribution in [1.29, 1.82) is 0 Å². The predicted octanol–water partition coefficient (Wildman–Crippen LogP) is 3.63. The third-order valence-electron chi connectivity index (χ3n) is 6.99. The Labute approximate surface area is 231 Å². The van der Waals surface area contributed by atoms with Gasteiger partial charge in [-0.25, -0.2) is 8.78 Å². The maximum absolute atomic E-state index is 14.0. The number of hydrogen-bond acceptors (Lipinski definition) is 8. The highest BCUT2D eigenvalue weighted by atomic mass is 31.2. The first-order chi connectivity index (χ1) is 18.9. The van der Waals surface area contributed by atoms with Crippen molar-refractivity contribution in [2.75, 3.05) is 46.9 Å². The number of nitrogens with one attached hydrogen (secondary N) is 1. The minimum Gasteiger partial charge on any atom is -0.491 e. The first kappa shape index (κ1) is 31.6. The van der Waals surface area contributed by atoms with Gasteiger partial charge < -0.3 is 28.6 Å². The van der Waals surface area contributed by atoms with Crippen molar-refractivity contribution in [3.63, 3.8) is 0 Å². The van der Waals surface area contributed by atoms with Crippen LogP contribution in [0.3, 0.4) is 0 Å². The fourth-order valence-corrected chi connectivity index (χ4v) is 5.74. The summed E-state index contributed by atoms with van der Waals surface area (Å²) in [6.07, 6.45) is 0.928. The van der Waals surface area contributed by atoms with Crippen LogP contribution in [-0.4, -0.2) is 69.2 Å². The summed E-state index contributed by atoms with van der Waals surface area (Å²) in [4.78, 5) is 40.1. The van der Waals surface area contributed by atoms with E-state index in [1.807, 2.05) is 0 Å². The maximum Gasteiger partial charge on any atom is 0.257 e. The molecule has 1 N–H and O–H groups in total. The number of halogens is 2. The van der Waals surface area contributed by atoms with Crippen LogP contribution in [-0.2, 0) is 31.7 Å². The van der Waals surface area contributed by atoms with Crippen LogP contribution in [0.4, 0.5) is 8.78 Å². The van der Waals surface area contributed by atoms with E-state index in [9.17, 15) is 27.7 Å². The lowest BCUT2D eigenvalue weighted by atomic mass is 9.73. The van der Waals surface area contributed by atoms with E-state index in [1.165, 1.54) is 37.7 Å². The van der Waals surface area contributed by atoms with Crippen LogP contribution < -0.4 is 15.5 Å². The molecule has 1 amide bonds. The van der Waals surface area contributed by atoms with Crippen LogP contribution in [0.5, 0.6) is 5.75 Å². The van der Waals surface area contributed by atoms with Crippen molar-refractivity contribution in [1.82, 2.24) is 9.88 Å². The fourth-order valence-electron chi connectivity index (χ4n) is 4.62. The molecule has 0 radical (unpaired) electrons. The molecule has 1 aromatic heterocycles. The lowest BCUT2D eigenvalue weighted by Gasteiger charge is -2.41. The molecule has 220 valence electrons. The number of rotatable bonds is 13. The number of fused-ring (bicyclic) bond motifs is 1. The zero-order valence-electron chi connectivity index (χ0n) is 23.3. The average molecular weight is 585 g/mol. The number of aromatic nitrogens is 1. The first-order valence-electron chi connectivity index (χ1n) is 12.8. The molecule has 10 nitrogen and oxygen atoms in total. The Bertz CT molecular complexity index is 1360. The molecule has 0 spiro atoms. The minimum atomic E-state index is -2.89. The second kappa shape index (κ2) is 13.2. The highest BCUT2D eigenvalue weighted by Gasteiger charge is 2.48. The van der Waals surface area contributed by atoms with E-state index >= 15 is 0 Å². The normalized spacial score (nSPS) is 20.1. The minimum absolute atomic E-state index is 0.0115. The van der Waals surface area contributed by atoms with Crippen LogP contribution in [0.1, 0.15) is 46.7 Å². The molecule has 2 heterocycles. The maximum atomic E-state index is 14.0. The molecule has 0 aliphatic carbocycles. The van der Waals surface area contributed by atoms with Gasteiger partial charge in [0, 0.05) is 50.9 Å². The second-order valence-corrected chi connectivity index (χ2v) is 12.6. The van der Waals surface area contributed by atoms with Crippen molar-refractivity contribution in [2.24, 2.45) is 5.41 Å². The van der Waals surface area contributed by atoms with Crippen molar-refractivity contribution in [3.8, 4) is 5.75 Å². The number of pyridine rings is 1. The number of amides is 1. The van der Waals surface area contributed by atoms with Crippen molar-refractivity contribution < 1.29 is 41.7 Å². The number of hydrogen-bond donors (Lipinski definition) is 1. The smallest absolute Gasteiger partial charge is 0.257 e. The molecular weight excluding hydrogens is 549 g/mol. The van der Waals surface area contributed by atoms with Gasteiger partial charge in [0.15, 0.2) is 11.5 Å². The summed E-state index contributed by atoms with van der Waals surface area (Å²) in [5.74, 6) is -3.17. The van der Waals surface area contributed by atoms with E-state index in [2.05, 4.69) is 5.32 Å². The van der Waals surface area contributed by atoms with Gasteiger partial charge in [0.1, 0.15) is 22.9 Å². The van der Waals surface area contributed by atoms with Gasteiger partial charge in [0.05, 0.1) is 38.4 Å². The van der Waals surface area contributed by atoms with Gasteiger partial charge >= 0.3 is 0 Å². The number of methoxy groups -OCH3 is 2. The zero-order valence-corrected chi connectivity index (χ0v) is 24.1. The molecular formula is C27H35F2N2O8P. The number of ether oxygens (including phenoxy) is 3. The monoisotopic (exact) mass is 584 g/mol. The molecule has 0 bridgehead atoms. The summed E-state index contributed by atoms with van der Waals surface area (Å²) in [6.45, 7) is 5.33. The Morgan fingerprint density at radius 1 is 1.23 bits per heavy atom. The summed E-state index contributed by atoms with van der Waals surface area (Å²) in [5.41, 5.74) is -2.25. The SMILES string of the molecule is CCOP(C)(=O)CCOC1Cn2cc(C(=O)NCc3ccc(F)cc3F)c(=O)c(OC)c2C(=O)C1(C)CCOC. The van der Waals surface area contributed by atoms with Gasteiger partial charge in [-0.15, -0.1) is 0 Å². The Morgan fingerprint density at radius 3 is 2.58 bits per heavy atom. The number of ketones is 1.